The van der Waals surface area contributed by atoms with E-state index in [1.165, 1.54) is 26.2 Å². The van der Waals surface area contributed by atoms with Gasteiger partial charge in [0.25, 0.3) is 5.69 Å². The van der Waals surface area contributed by atoms with Crippen LogP contribution in [0.3, 0.4) is 0 Å². The number of nitrogens with zero attached hydrogens (tertiary/aromatic N) is 5. The average Bonchev–Trinajstić information content (AvgIpc) is 2.99. The van der Waals surface area contributed by atoms with E-state index < -0.39 is 39.3 Å². The van der Waals surface area contributed by atoms with E-state index in [-0.39, 0.29) is 49.1 Å². The van der Waals surface area contributed by atoms with Crippen LogP contribution < -0.4 is 15.0 Å². The first kappa shape index (κ1) is 36.9. The Hall–Kier alpha value is -4.25. The molecule has 0 spiro atoms. The molecule has 0 bridgehead atoms. The molecule has 0 aromatic heterocycles. The number of non-ortho nitro benzene ring substituents is 1. The van der Waals surface area contributed by atoms with Crippen molar-refractivity contribution in [3.8, 4) is 5.75 Å². The largest absolute Gasteiger partial charge is 0.494 e. The summed E-state index contributed by atoms with van der Waals surface area (Å²) in [5.41, 5.74) is -0.761. The van der Waals surface area contributed by atoms with Gasteiger partial charge in [-0.15, -0.1) is 10.2 Å². The van der Waals surface area contributed by atoms with Gasteiger partial charge in [0.05, 0.1) is 59.8 Å². The van der Waals surface area contributed by atoms with Crippen molar-refractivity contribution in [1.82, 2.24) is 0 Å². The van der Waals surface area contributed by atoms with Crippen molar-refractivity contribution in [3.05, 3.63) is 50.6 Å². The van der Waals surface area contributed by atoms with Crippen LogP contribution in [0.25, 0.3) is 0 Å². The molecular formula is C29H42N6O10. The van der Waals surface area contributed by atoms with Crippen LogP contribution in [0, 0.1) is 20.2 Å². The molecular weight excluding hydrogens is 592 g/mol. The Bertz CT molecular complexity index is 1290. The number of azo groups is 1. The maximum Gasteiger partial charge on any atom is 0.303 e. The lowest BCUT2D eigenvalue weighted by Gasteiger charge is -2.31. The summed E-state index contributed by atoms with van der Waals surface area (Å²) < 4.78 is 16.8. The van der Waals surface area contributed by atoms with Crippen LogP contribution >= 0.6 is 0 Å². The van der Waals surface area contributed by atoms with Crippen LogP contribution in [0.5, 0.6) is 5.75 Å². The Morgan fingerprint density at radius 3 is 2.00 bits per heavy atom. The number of aliphatic hydroxyl groups excluding tert-OH is 2. The molecule has 0 saturated carbocycles. The summed E-state index contributed by atoms with van der Waals surface area (Å²) >= 11 is 0. The number of unbranched alkanes of at least 4 members (excludes halogenated alkanes) is 2. The van der Waals surface area contributed by atoms with Crippen LogP contribution in [0.15, 0.2) is 40.6 Å². The van der Waals surface area contributed by atoms with E-state index in [2.05, 4.69) is 15.5 Å². The molecule has 45 heavy (non-hydrogen) atoms. The van der Waals surface area contributed by atoms with Gasteiger partial charge >= 0.3 is 5.69 Å². The maximum atomic E-state index is 12.1. The number of hydrogen-bond donors (Lipinski definition) is 3. The number of nitro groups is 2. The second-order valence-electron chi connectivity index (χ2n) is 10.2. The molecule has 16 nitrogen and oxygen atoms in total. The molecule has 2 rings (SSSR count). The summed E-state index contributed by atoms with van der Waals surface area (Å²) in [6.45, 7) is 6.49. The standard InChI is InChI=1S/C29H42N6O10/c1-5-7-11-44-18-22(37)16-33(17-23(38)19-45-12-8-6-2)28-14-25(30-20(3)36)26(15-29(28)43-4)32-31-24-10-9-21(34(39)40)13-27(24)35(41)42/h9-10,13-15,22-23,37-38H,5-8,11-12,16-19H2,1-4H3,(H,30,36). The van der Waals surface area contributed by atoms with Gasteiger partial charge in [0.2, 0.25) is 5.91 Å². The van der Waals surface area contributed by atoms with Crippen LogP contribution in [-0.2, 0) is 14.3 Å². The van der Waals surface area contributed by atoms with Gasteiger partial charge in [-0.2, -0.15) is 0 Å². The normalized spacial score (nSPS) is 12.6. The monoisotopic (exact) mass is 634 g/mol. The molecule has 0 radical (unpaired) electrons. The number of methoxy groups -OCH3 is 1. The minimum atomic E-state index is -0.939. The van der Waals surface area contributed by atoms with Crippen LogP contribution in [0.1, 0.15) is 46.5 Å². The molecule has 0 fully saturated rings. The van der Waals surface area contributed by atoms with Crippen molar-refractivity contribution in [3.63, 3.8) is 0 Å². The van der Waals surface area contributed by atoms with Crippen LogP contribution in [-0.4, -0.2) is 84.8 Å². The average molecular weight is 635 g/mol. The van der Waals surface area contributed by atoms with Crippen molar-refractivity contribution in [2.75, 3.05) is 56.8 Å². The highest BCUT2D eigenvalue weighted by atomic mass is 16.6. The summed E-state index contributed by atoms with van der Waals surface area (Å²) in [7, 11) is 1.39. The molecule has 2 aromatic rings. The zero-order valence-electron chi connectivity index (χ0n) is 26.0. The Kier molecular flexibility index (Phi) is 15.8. The second-order valence-corrected chi connectivity index (χ2v) is 10.2. The quantitative estimate of drug-likeness (QED) is 0.0715. The zero-order valence-corrected chi connectivity index (χ0v) is 26.0. The molecule has 1 amide bonds. The minimum absolute atomic E-state index is 0.0316. The third-order valence-electron chi connectivity index (χ3n) is 6.35. The van der Waals surface area contributed by atoms with Gasteiger partial charge in [-0.3, -0.25) is 25.0 Å². The lowest BCUT2D eigenvalue weighted by Crippen LogP contribution is -2.41. The molecule has 248 valence electrons. The number of ether oxygens (including phenoxy) is 3. The summed E-state index contributed by atoms with van der Waals surface area (Å²) in [5, 5.41) is 54.9. The molecule has 0 aliphatic rings. The Morgan fingerprint density at radius 1 is 0.933 bits per heavy atom. The van der Waals surface area contributed by atoms with Crippen LogP contribution in [0.2, 0.25) is 0 Å². The van der Waals surface area contributed by atoms with Gasteiger partial charge in [-0.25, -0.2) is 0 Å². The highest BCUT2D eigenvalue weighted by Gasteiger charge is 2.23. The molecule has 0 aliphatic carbocycles. The lowest BCUT2D eigenvalue weighted by molar-refractivity contribution is -0.393. The topological polar surface area (TPSA) is 211 Å². The number of aliphatic hydroxyl groups is 2. The van der Waals surface area contributed by atoms with Gasteiger partial charge in [-0.05, 0) is 25.0 Å². The molecule has 2 unspecified atom stereocenters. The Balaban J connectivity index is 2.52. The zero-order chi connectivity index (χ0) is 33.4. The highest BCUT2D eigenvalue weighted by Crippen LogP contribution is 2.41. The number of carbonyl (C=O) groups excluding carboxylic acids is 1. The maximum absolute atomic E-state index is 12.1. The third kappa shape index (κ3) is 12.3. The van der Waals surface area contributed by atoms with Gasteiger partial charge in [-0.1, -0.05) is 26.7 Å². The van der Waals surface area contributed by atoms with Gasteiger partial charge in [0.15, 0.2) is 5.69 Å². The predicted molar refractivity (Wildman–Crippen MR) is 167 cm³/mol. The number of nitrogens with one attached hydrogen (secondary N) is 1. The number of carbonyl (C=O) groups is 1. The van der Waals surface area contributed by atoms with E-state index in [9.17, 15) is 35.2 Å². The van der Waals surface area contributed by atoms with Crippen molar-refractivity contribution in [2.24, 2.45) is 10.2 Å². The molecule has 0 heterocycles. The first-order valence-electron chi connectivity index (χ1n) is 14.6. The summed E-state index contributed by atoms with van der Waals surface area (Å²) in [6.07, 6.45) is 1.69. The number of amides is 1. The highest BCUT2D eigenvalue weighted by molar-refractivity contribution is 5.93. The Morgan fingerprint density at radius 2 is 1.51 bits per heavy atom. The first-order valence-corrected chi connectivity index (χ1v) is 14.6. The second kappa shape index (κ2) is 19.2. The number of anilines is 2. The molecule has 2 atom stereocenters. The van der Waals surface area contributed by atoms with Gasteiger partial charge in [0.1, 0.15) is 11.4 Å². The van der Waals surface area contributed by atoms with Gasteiger partial charge in [0, 0.05) is 45.4 Å². The fourth-order valence-electron chi connectivity index (χ4n) is 4.12. The van der Waals surface area contributed by atoms with E-state index >= 15 is 0 Å². The third-order valence-corrected chi connectivity index (χ3v) is 6.35. The molecule has 0 aliphatic heterocycles. The fraction of sp³-hybridized carbons (Fsp3) is 0.552. The van der Waals surface area contributed by atoms with Crippen molar-refractivity contribution in [1.29, 1.82) is 0 Å². The Labute approximate surface area is 261 Å². The predicted octanol–water partition coefficient (Wildman–Crippen LogP) is 5.05. The summed E-state index contributed by atoms with van der Waals surface area (Å²) in [4.78, 5) is 34.9. The molecule has 3 N–H and O–H groups in total. The van der Waals surface area contributed by atoms with E-state index in [1.807, 2.05) is 13.8 Å². The van der Waals surface area contributed by atoms with Crippen molar-refractivity contribution >= 4 is 40.0 Å². The number of hydrogen-bond acceptors (Lipinski definition) is 13. The van der Waals surface area contributed by atoms with E-state index in [0.29, 0.717) is 18.9 Å². The molecule has 2 aromatic carbocycles. The smallest absolute Gasteiger partial charge is 0.303 e. The summed E-state index contributed by atoms with van der Waals surface area (Å²) in [6, 6.07) is 5.89. The number of rotatable bonds is 21. The summed E-state index contributed by atoms with van der Waals surface area (Å²) in [5.74, 6) is -0.224. The SMILES string of the molecule is CCCCOCC(O)CN(CC(O)COCCCC)c1cc(NC(C)=O)c(N=Nc2ccc([N+](=O)[O-])cc2[N+](=O)[O-])cc1OC. The van der Waals surface area contributed by atoms with E-state index in [1.54, 1.807) is 4.90 Å². The number of benzene rings is 2. The first-order chi connectivity index (χ1) is 21.5. The fourth-order valence-corrected chi connectivity index (χ4v) is 4.12. The lowest BCUT2D eigenvalue weighted by atomic mass is 10.1. The van der Waals surface area contributed by atoms with Crippen molar-refractivity contribution in [2.45, 2.75) is 58.7 Å². The number of nitro benzene ring substituents is 2. The van der Waals surface area contributed by atoms with Crippen molar-refractivity contribution < 1.29 is 39.1 Å². The molecule has 0 saturated heterocycles. The van der Waals surface area contributed by atoms with E-state index in [4.69, 9.17) is 14.2 Å². The van der Waals surface area contributed by atoms with E-state index in [0.717, 1.165) is 43.9 Å². The van der Waals surface area contributed by atoms with Crippen LogP contribution in [0.4, 0.5) is 34.1 Å². The van der Waals surface area contributed by atoms with Gasteiger partial charge < -0.3 is 34.6 Å². The minimum Gasteiger partial charge on any atom is -0.494 e. The molecule has 16 heteroatoms.